The minimum Gasteiger partial charge on any atom is -0.447 e. The van der Waals surface area contributed by atoms with Crippen molar-refractivity contribution >= 4 is 17.4 Å². The molecule has 4 atom stereocenters. The van der Waals surface area contributed by atoms with Crippen molar-refractivity contribution in [3.8, 4) is 6.07 Å². The molecule has 0 saturated carbocycles. The van der Waals surface area contributed by atoms with E-state index < -0.39 is 36.6 Å². The van der Waals surface area contributed by atoms with Crippen molar-refractivity contribution in [3.05, 3.63) is 24.2 Å². The van der Waals surface area contributed by atoms with Crippen molar-refractivity contribution in [2.75, 3.05) is 11.9 Å². The van der Waals surface area contributed by atoms with E-state index in [9.17, 15) is 25.4 Å². The van der Waals surface area contributed by atoms with Gasteiger partial charge in [-0.2, -0.15) is 10.4 Å². The lowest BCUT2D eigenvalue weighted by Gasteiger charge is -2.24. The highest BCUT2D eigenvalue weighted by Crippen LogP contribution is 2.40. The van der Waals surface area contributed by atoms with E-state index in [1.165, 1.54) is 16.6 Å². The number of aromatic nitrogens is 3. The summed E-state index contributed by atoms with van der Waals surface area (Å²) in [5.74, 6) is 0.127. The number of aliphatic hydroxyl groups is 3. The number of anilines is 1. The Hall–Kier alpha value is -2.78. The highest BCUT2D eigenvalue weighted by Gasteiger charge is 2.57. The Balaban J connectivity index is 2.03. The Labute approximate surface area is 153 Å². The minimum atomic E-state index is -1.96. The first-order chi connectivity index (χ1) is 12.8. The molecule has 0 radical (unpaired) electrons. The van der Waals surface area contributed by atoms with Gasteiger partial charge in [-0.1, -0.05) is 0 Å². The maximum atomic E-state index is 11.8. The first-order valence-electron chi connectivity index (χ1n) is 8.21. The van der Waals surface area contributed by atoms with E-state index in [1.54, 1.807) is 13.8 Å². The molecule has 0 unspecified atom stereocenters. The third kappa shape index (κ3) is 3.08. The van der Waals surface area contributed by atoms with E-state index in [-0.39, 0.29) is 17.6 Å². The zero-order valence-corrected chi connectivity index (χ0v) is 14.6. The summed E-state index contributed by atoms with van der Waals surface area (Å²) >= 11 is 0. The number of rotatable bonds is 4. The molecule has 0 aromatic carbocycles. The summed E-state index contributed by atoms with van der Waals surface area (Å²) in [5, 5.41) is 46.0. The average molecular weight is 377 g/mol. The highest BCUT2D eigenvalue weighted by molar-refractivity contribution is 5.88. The largest absolute Gasteiger partial charge is 0.447 e. The van der Waals surface area contributed by atoms with E-state index in [4.69, 9.17) is 9.47 Å². The number of amides is 1. The molecule has 11 nitrogen and oxygen atoms in total. The molecule has 27 heavy (non-hydrogen) atoms. The number of ether oxygens (including phenoxy) is 2. The second kappa shape index (κ2) is 7.09. The van der Waals surface area contributed by atoms with Crippen LogP contribution in [0.5, 0.6) is 0 Å². The second-order valence-corrected chi connectivity index (χ2v) is 6.33. The van der Waals surface area contributed by atoms with E-state index in [2.05, 4.69) is 15.4 Å². The smallest absolute Gasteiger partial charge is 0.413 e. The minimum absolute atomic E-state index is 0.116. The van der Waals surface area contributed by atoms with Crippen LogP contribution in [-0.4, -0.2) is 67.0 Å². The van der Waals surface area contributed by atoms with Gasteiger partial charge in [-0.25, -0.2) is 14.3 Å². The molecule has 3 heterocycles. The maximum Gasteiger partial charge on any atom is 0.413 e. The molecule has 2 aromatic heterocycles. The normalized spacial score (nSPS) is 27.7. The van der Waals surface area contributed by atoms with Crippen LogP contribution in [0.25, 0.3) is 5.52 Å². The lowest BCUT2D eigenvalue weighted by Crippen LogP contribution is -2.41. The van der Waals surface area contributed by atoms with Gasteiger partial charge in [-0.15, -0.1) is 0 Å². The molecule has 1 aliphatic heterocycles. The van der Waals surface area contributed by atoms with Crippen LogP contribution in [-0.2, 0) is 15.1 Å². The van der Waals surface area contributed by atoms with Crippen molar-refractivity contribution in [3.63, 3.8) is 0 Å². The molecule has 4 N–H and O–H groups in total. The van der Waals surface area contributed by atoms with E-state index >= 15 is 0 Å². The standard InChI is InChI=1S/C16H19N5O6/c1-8(2)26-15(25)20-14-9-3-4-11(21(9)19-7-18-14)16(6-17)13(24)12(23)10(5-22)27-16/h3-4,7-8,10,12-13,22-24H,5H2,1-2H3,(H,18,19,20,25)/t10-,12-,13-,16+/m1/s1. The van der Waals surface area contributed by atoms with E-state index in [0.717, 1.165) is 6.33 Å². The maximum absolute atomic E-state index is 11.8. The Morgan fingerprint density at radius 2 is 2.26 bits per heavy atom. The topological polar surface area (TPSA) is 162 Å². The van der Waals surface area contributed by atoms with Crippen LogP contribution in [0.1, 0.15) is 19.5 Å². The zero-order chi connectivity index (χ0) is 19.8. The van der Waals surface area contributed by atoms with Crippen LogP contribution in [0.4, 0.5) is 10.6 Å². The van der Waals surface area contributed by atoms with Crippen LogP contribution in [0.3, 0.4) is 0 Å². The summed E-state index contributed by atoms with van der Waals surface area (Å²) in [4.78, 5) is 15.8. The summed E-state index contributed by atoms with van der Waals surface area (Å²) in [6, 6.07) is 4.85. The van der Waals surface area contributed by atoms with Gasteiger partial charge < -0.3 is 24.8 Å². The Morgan fingerprint density at radius 3 is 2.85 bits per heavy atom. The average Bonchev–Trinajstić information content (AvgIpc) is 3.16. The van der Waals surface area contributed by atoms with Crippen molar-refractivity contribution in [2.24, 2.45) is 0 Å². The van der Waals surface area contributed by atoms with Crippen LogP contribution in [0.2, 0.25) is 0 Å². The summed E-state index contributed by atoms with van der Waals surface area (Å²) in [6.45, 7) is 2.82. The number of nitrogens with zero attached hydrogens (tertiary/aromatic N) is 4. The Kier molecular flexibility index (Phi) is 4.99. The van der Waals surface area contributed by atoms with Gasteiger partial charge in [0.2, 0.25) is 5.60 Å². The highest BCUT2D eigenvalue weighted by atomic mass is 16.6. The molecule has 3 rings (SSSR count). The van der Waals surface area contributed by atoms with Crippen LogP contribution < -0.4 is 5.32 Å². The number of carbonyl (C=O) groups is 1. The number of fused-ring (bicyclic) bond motifs is 1. The predicted octanol–water partition coefficient (Wildman–Crippen LogP) is -0.482. The van der Waals surface area contributed by atoms with Gasteiger partial charge in [-0.05, 0) is 26.0 Å². The molecular formula is C16H19N5O6. The van der Waals surface area contributed by atoms with Gasteiger partial charge >= 0.3 is 6.09 Å². The molecule has 1 fully saturated rings. The summed E-state index contributed by atoms with van der Waals surface area (Å²) < 4.78 is 11.8. The Morgan fingerprint density at radius 1 is 1.52 bits per heavy atom. The number of nitriles is 1. The number of hydrogen-bond donors (Lipinski definition) is 4. The van der Waals surface area contributed by atoms with Crippen molar-refractivity contribution in [2.45, 2.75) is 43.9 Å². The monoisotopic (exact) mass is 377 g/mol. The predicted molar refractivity (Wildman–Crippen MR) is 89.5 cm³/mol. The molecule has 0 bridgehead atoms. The quantitative estimate of drug-likeness (QED) is 0.551. The van der Waals surface area contributed by atoms with Gasteiger partial charge in [0.05, 0.1) is 18.4 Å². The molecule has 1 saturated heterocycles. The Bertz CT molecular complexity index is 893. The van der Waals surface area contributed by atoms with Crippen LogP contribution in [0, 0.1) is 11.3 Å². The molecule has 1 amide bonds. The third-order valence-corrected chi connectivity index (χ3v) is 4.20. The van der Waals surface area contributed by atoms with Gasteiger partial charge in [0.25, 0.3) is 0 Å². The number of aliphatic hydroxyl groups excluding tert-OH is 3. The first-order valence-corrected chi connectivity index (χ1v) is 8.21. The van der Waals surface area contributed by atoms with Crippen molar-refractivity contribution < 1.29 is 29.6 Å². The molecule has 1 aliphatic rings. The fraction of sp³-hybridized carbons (Fsp3) is 0.500. The molecule has 0 spiro atoms. The molecule has 0 aliphatic carbocycles. The number of carbonyl (C=O) groups excluding carboxylic acids is 1. The second-order valence-electron chi connectivity index (χ2n) is 6.33. The van der Waals surface area contributed by atoms with E-state index in [0.29, 0.717) is 5.52 Å². The van der Waals surface area contributed by atoms with Gasteiger partial charge in [0.1, 0.15) is 36.2 Å². The molecule has 2 aromatic rings. The first kappa shape index (κ1) is 19.0. The lowest BCUT2D eigenvalue weighted by atomic mass is 9.92. The van der Waals surface area contributed by atoms with Crippen molar-refractivity contribution in [1.82, 2.24) is 14.6 Å². The summed E-state index contributed by atoms with van der Waals surface area (Å²) in [7, 11) is 0. The lowest BCUT2D eigenvalue weighted by molar-refractivity contribution is -0.0643. The van der Waals surface area contributed by atoms with E-state index in [1.807, 2.05) is 6.07 Å². The van der Waals surface area contributed by atoms with Crippen molar-refractivity contribution in [1.29, 1.82) is 5.26 Å². The summed E-state index contributed by atoms with van der Waals surface area (Å²) in [6.07, 6.45) is -4.10. The SMILES string of the molecule is CC(C)OC(=O)Nc1ncnn2c([C@]3(C#N)O[C@H](CO)[C@@H](O)[C@H]3O)ccc12. The number of nitrogens with one attached hydrogen (secondary N) is 1. The molecule has 11 heteroatoms. The third-order valence-electron chi connectivity index (χ3n) is 4.20. The van der Waals surface area contributed by atoms with Gasteiger partial charge in [0.15, 0.2) is 5.82 Å². The van der Waals surface area contributed by atoms with Gasteiger partial charge in [-0.3, -0.25) is 5.32 Å². The fourth-order valence-corrected chi connectivity index (χ4v) is 2.98. The van der Waals surface area contributed by atoms with Crippen LogP contribution in [0.15, 0.2) is 18.5 Å². The summed E-state index contributed by atoms with van der Waals surface area (Å²) in [5.41, 5.74) is -1.52. The zero-order valence-electron chi connectivity index (χ0n) is 14.6. The van der Waals surface area contributed by atoms with Crippen LogP contribution >= 0.6 is 0 Å². The number of hydrogen-bond acceptors (Lipinski definition) is 9. The fourth-order valence-electron chi connectivity index (χ4n) is 2.98. The van der Waals surface area contributed by atoms with Gasteiger partial charge in [0, 0.05) is 0 Å². The molecule has 144 valence electrons. The molecular weight excluding hydrogens is 358 g/mol.